The van der Waals surface area contributed by atoms with Crippen molar-refractivity contribution in [1.29, 1.82) is 0 Å². The normalized spacial score (nSPS) is 21.5. The predicted molar refractivity (Wildman–Crippen MR) is 168 cm³/mol. The second-order valence-corrected chi connectivity index (χ2v) is 10.7. The minimum Gasteiger partial charge on any atom is -0.379 e. The minimum atomic E-state index is 0.0208. The third kappa shape index (κ3) is 7.70. The van der Waals surface area contributed by atoms with Crippen molar-refractivity contribution in [2.45, 2.75) is 65.5 Å². The Labute approximate surface area is 234 Å². The van der Waals surface area contributed by atoms with E-state index in [4.69, 9.17) is 10.7 Å². The molecule has 4 nitrogen and oxygen atoms in total. The average Bonchev–Trinajstić information content (AvgIpc) is 3.71. The number of hydrogen-bond donors (Lipinski definition) is 3. The van der Waals surface area contributed by atoms with Gasteiger partial charge in [-0.1, -0.05) is 81.0 Å². The molecule has 0 aliphatic carbocycles. The molecule has 0 saturated carbocycles. The van der Waals surface area contributed by atoms with Crippen LogP contribution < -0.4 is 11.1 Å². The first kappa shape index (κ1) is 28.4. The summed E-state index contributed by atoms with van der Waals surface area (Å²) in [6.07, 6.45) is 21.5. The molecule has 0 bridgehead atoms. The van der Waals surface area contributed by atoms with E-state index < -0.39 is 0 Å². The molecule has 39 heavy (non-hydrogen) atoms. The molecule has 4 heteroatoms. The highest BCUT2D eigenvalue weighted by Crippen LogP contribution is 2.28. The molecule has 2 aromatic rings. The van der Waals surface area contributed by atoms with Gasteiger partial charge in [0.15, 0.2) is 0 Å². The van der Waals surface area contributed by atoms with Gasteiger partial charge >= 0.3 is 0 Å². The van der Waals surface area contributed by atoms with Crippen LogP contribution in [0.5, 0.6) is 0 Å². The highest BCUT2D eigenvalue weighted by Gasteiger charge is 2.19. The zero-order chi connectivity index (χ0) is 27.6. The summed E-state index contributed by atoms with van der Waals surface area (Å²) >= 11 is 0. The molecule has 3 unspecified atom stereocenters. The number of aliphatic imine (C=N–C) groups is 1. The van der Waals surface area contributed by atoms with Crippen LogP contribution in [0, 0.1) is 5.92 Å². The number of H-pyrrole nitrogens is 1. The topological polar surface area (TPSA) is 66.2 Å². The molecule has 4 rings (SSSR count). The van der Waals surface area contributed by atoms with Crippen LogP contribution in [0.15, 0.2) is 113 Å². The van der Waals surface area contributed by atoms with Crippen LogP contribution in [0.4, 0.5) is 0 Å². The summed E-state index contributed by atoms with van der Waals surface area (Å²) in [7, 11) is 0. The van der Waals surface area contributed by atoms with Gasteiger partial charge in [-0.05, 0) is 79.8 Å². The number of nitrogens with one attached hydrogen (secondary N) is 2. The van der Waals surface area contributed by atoms with Crippen LogP contribution in [0.2, 0.25) is 0 Å². The zero-order valence-corrected chi connectivity index (χ0v) is 24.0. The average molecular weight is 521 g/mol. The smallest absolute Gasteiger partial charge is 0.0877 e. The fourth-order valence-electron chi connectivity index (χ4n) is 5.12. The van der Waals surface area contributed by atoms with E-state index in [9.17, 15) is 0 Å². The molecule has 0 saturated heterocycles. The van der Waals surface area contributed by atoms with Gasteiger partial charge < -0.3 is 16.0 Å². The Morgan fingerprint density at radius 2 is 1.92 bits per heavy atom. The van der Waals surface area contributed by atoms with E-state index in [2.05, 4.69) is 129 Å². The molecule has 204 valence electrons. The number of nitrogens with two attached hydrogens (primary N) is 1. The lowest BCUT2D eigenvalue weighted by atomic mass is 9.99. The summed E-state index contributed by atoms with van der Waals surface area (Å²) in [4.78, 5) is 8.61. The Kier molecular flexibility index (Phi) is 10.2. The molecule has 3 heterocycles. The Balaban J connectivity index is 1.63. The Morgan fingerprint density at radius 3 is 2.67 bits per heavy atom. The molecule has 0 amide bonds. The van der Waals surface area contributed by atoms with Gasteiger partial charge in [-0.25, -0.2) is 0 Å². The number of aromatic nitrogens is 1. The number of hydrogen-bond acceptors (Lipinski definition) is 3. The quantitative estimate of drug-likeness (QED) is 0.254. The van der Waals surface area contributed by atoms with Gasteiger partial charge in [0.2, 0.25) is 0 Å². The number of benzene rings is 1. The number of rotatable bonds is 12. The summed E-state index contributed by atoms with van der Waals surface area (Å²) < 4.78 is 0. The van der Waals surface area contributed by atoms with E-state index in [-0.39, 0.29) is 6.04 Å². The third-order valence-corrected chi connectivity index (χ3v) is 7.56. The van der Waals surface area contributed by atoms with Crippen molar-refractivity contribution < 1.29 is 0 Å². The van der Waals surface area contributed by atoms with Crippen molar-refractivity contribution >= 4 is 11.3 Å². The first-order chi connectivity index (χ1) is 19.0. The maximum Gasteiger partial charge on any atom is 0.0877 e. The van der Waals surface area contributed by atoms with Crippen LogP contribution in [-0.4, -0.2) is 29.3 Å². The van der Waals surface area contributed by atoms with E-state index in [1.807, 2.05) is 0 Å². The van der Waals surface area contributed by atoms with Crippen molar-refractivity contribution in [3.8, 4) is 0 Å². The molecule has 3 atom stereocenters. The van der Waals surface area contributed by atoms with Crippen molar-refractivity contribution in [1.82, 2.24) is 10.3 Å². The summed E-state index contributed by atoms with van der Waals surface area (Å²) in [5.41, 5.74) is 15.3. The first-order valence-corrected chi connectivity index (χ1v) is 14.4. The molecule has 2 aliphatic rings. The molecule has 2 aliphatic heterocycles. The van der Waals surface area contributed by atoms with Crippen LogP contribution in [0.3, 0.4) is 0 Å². The van der Waals surface area contributed by atoms with Gasteiger partial charge in [-0.3, -0.25) is 4.99 Å². The van der Waals surface area contributed by atoms with Gasteiger partial charge in [0.25, 0.3) is 0 Å². The van der Waals surface area contributed by atoms with Crippen molar-refractivity contribution in [3.05, 3.63) is 125 Å². The maximum absolute atomic E-state index is 5.75. The molecule has 1 aromatic carbocycles. The van der Waals surface area contributed by atoms with Gasteiger partial charge in [0.1, 0.15) is 0 Å². The number of aromatic amines is 1. The second-order valence-electron chi connectivity index (χ2n) is 10.7. The van der Waals surface area contributed by atoms with E-state index in [1.165, 1.54) is 34.5 Å². The van der Waals surface area contributed by atoms with E-state index in [0.29, 0.717) is 18.5 Å². The first-order valence-electron chi connectivity index (χ1n) is 14.4. The van der Waals surface area contributed by atoms with Gasteiger partial charge in [-0.15, -0.1) is 0 Å². The van der Waals surface area contributed by atoms with Crippen LogP contribution in [0.25, 0.3) is 5.57 Å². The lowest BCUT2D eigenvalue weighted by molar-refractivity contribution is 0.466. The molecule has 0 fully saturated rings. The molecular formula is C35H44N4. The molecule has 0 radical (unpaired) electrons. The highest BCUT2D eigenvalue weighted by atomic mass is 14.9. The van der Waals surface area contributed by atoms with Gasteiger partial charge in [0.05, 0.1) is 6.04 Å². The monoisotopic (exact) mass is 520 g/mol. The van der Waals surface area contributed by atoms with Crippen LogP contribution in [-0.2, 0) is 6.42 Å². The minimum absolute atomic E-state index is 0.0208. The van der Waals surface area contributed by atoms with E-state index in [1.54, 1.807) is 0 Å². The lowest BCUT2D eigenvalue weighted by Crippen LogP contribution is -2.24. The van der Waals surface area contributed by atoms with Gasteiger partial charge in [0, 0.05) is 47.3 Å². The molecular weight excluding hydrogens is 476 g/mol. The predicted octanol–water partition coefficient (Wildman–Crippen LogP) is 7.46. The van der Waals surface area contributed by atoms with Crippen molar-refractivity contribution in [2.75, 3.05) is 6.54 Å². The molecule has 1 aromatic heterocycles. The Hall–Kier alpha value is -3.63. The standard InChI is InChI=1S/C35H44N4/c1-5-7-11-26(4)32(34-18-16-29(38-34)22-25(3)6-2)23-31-17-19-35(39-31)33(27-12-9-8-10-13-27)24-30-15-14-28(37-30)20-21-36/h5,7-19,24-25,29-30,38-39H,6,20-23,36H2,1-4H3/b7-5-,26-11+,33-24+,34-32+. The zero-order valence-electron chi connectivity index (χ0n) is 24.0. The molecule has 0 spiro atoms. The lowest BCUT2D eigenvalue weighted by Gasteiger charge is -2.18. The highest BCUT2D eigenvalue weighted by molar-refractivity contribution is 5.97. The maximum atomic E-state index is 5.75. The van der Waals surface area contributed by atoms with Crippen molar-refractivity contribution in [3.63, 3.8) is 0 Å². The molecule has 4 N–H and O–H groups in total. The summed E-state index contributed by atoms with van der Waals surface area (Å²) in [5, 5.41) is 3.80. The summed E-state index contributed by atoms with van der Waals surface area (Å²) in [6, 6.07) is 15.4. The van der Waals surface area contributed by atoms with Gasteiger partial charge in [-0.2, -0.15) is 0 Å². The summed E-state index contributed by atoms with van der Waals surface area (Å²) in [5.74, 6) is 0.703. The third-order valence-electron chi connectivity index (χ3n) is 7.56. The fraction of sp³-hybridized carbons (Fsp3) is 0.343. The van der Waals surface area contributed by atoms with Crippen LogP contribution >= 0.6 is 0 Å². The van der Waals surface area contributed by atoms with E-state index >= 15 is 0 Å². The largest absolute Gasteiger partial charge is 0.379 e. The second kappa shape index (κ2) is 14.0. The Bertz CT molecular complexity index is 1310. The SMILES string of the molecule is C\C=C/C=C(C)/C(Cc1ccc(/C(=C/C2C=CC(CCN)=N2)c2ccccc2)[nH]1)=C1\C=CC(CC(C)CC)N1. The van der Waals surface area contributed by atoms with Crippen molar-refractivity contribution in [2.24, 2.45) is 16.6 Å². The fourth-order valence-corrected chi connectivity index (χ4v) is 5.12. The number of allylic oxidation sites excluding steroid dienone is 7. The Morgan fingerprint density at radius 1 is 1.10 bits per heavy atom. The summed E-state index contributed by atoms with van der Waals surface area (Å²) in [6.45, 7) is 9.49. The number of nitrogens with zero attached hydrogens (tertiary/aromatic N) is 1. The van der Waals surface area contributed by atoms with Crippen LogP contribution in [0.1, 0.15) is 63.9 Å². The van der Waals surface area contributed by atoms with E-state index in [0.717, 1.165) is 36.2 Å².